The summed E-state index contributed by atoms with van der Waals surface area (Å²) in [6, 6.07) is 0. The van der Waals surface area contributed by atoms with E-state index in [4.69, 9.17) is 4.74 Å². The Labute approximate surface area is 82.9 Å². The van der Waals surface area contributed by atoms with E-state index in [1.54, 1.807) is 12.5 Å². The van der Waals surface area contributed by atoms with Crippen molar-refractivity contribution in [1.29, 1.82) is 0 Å². The molecule has 12 heavy (non-hydrogen) atoms. The first-order valence-corrected chi connectivity index (χ1v) is 5.11. The van der Waals surface area contributed by atoms with Gasteiger partial charge in [0.2, 0.25) is 0 Å². The largest absolute Gasteiger partial charge is 0.383 e. The van der Waals surface area contributed by atoms with Gasteiger partial charge in [-0.2, -0.15) is 0 Å². The maximum Gasteiger partial charge on any atom is 0.169 e. The molecule has 66 valence electrons. The highest BCUT2D eigenvalue weighted by Crippen LogP contribution is 2.25. The highest BCUT2D eigenvalue weighted by molar-refractivity contribution is 9.09. The number of aromatic nitrogens is 1. The van der Waals surface area contributed by atoms with Gasteiger partial charge in [0.1, 0.15) is 10.7 Å². The molecule has 0 fully saturated rings. The van der Waals surface area contributed by atoms with Crippen molar-refractivity contribution in [3.05, 3.63) is 16.1 Å². The van der Waals surface area contributed by atoms with E-state index < -0.39 is 0 Å². The lowest BCUT2D eigenvalue weighted by atomic mass is 10.4. The summed E-state index contributed by atoms with van der Waals surface area (Å²) in [5.41, 5.74) is 0.482. The smallest absolute Gasteiger partial charge is 0.169 e. The molecule has 5 heteroatoms. The van der Waals surface area contributed by atoms with Crippen molar-refractivity contribution < 1.29 is 9.53 Å². The molecule has 1 atom stereocenters. The van der Waals surface area contributed by atoms with E-state index in [0.717, 1.165) is 11.3 Å². The van der Waals surface area contributed by atoms with Crippen molar-refractivity contribution in [3.63, 3.8) is 0 Å². The number of ether oxygens (including phenoxy) is 1. The Morgan fingerprint density at radius 1 is 1.92 bits per heavy atom. The summed E-state index contributed by atoms with van der Waals surface area (Å²) >= 11 is 4.85. The minimum atomic E-state index is 0.0844. The highest BCUT2D eigenvalue weighted by atomic mass is 79.9. The number of hydrogen-bond donors (Lipinski definition) is 0. The number of nitrogens with zero attached hydrogens (tertiary/aromatic N) is 1. The van der Waals surface area contributed by atoms with Crippen LogP contribution in [0.25, 0.3) is 0 Å². The lowest BCUT2D eigenvalue weighted by molar-refractivity contribution is 0.111. The highest BCUT2D eigenvalue weighted by Gasteiger charge is 2.11. The molecule has 0 spiro atoms. The molecule has 0 amide bonds. The SMILES string of the molecule is COCC(Br)c1nc(C=O)cs1. The van der Waals surface area contributed by atoms with Gasteiger partial charge < -0.3 is 4.74 Å². The van der Waals surface area contributed by atoms with Gasteiger partial charge in [-0.15, -0.1) is 11.3 Å². The van der Waals surface area contributed by atoms with E-state index in [9.17, 15) is 4.79 Å². The van der Waals surface area contributed by atoms with Gasteiger partial charge in [0.25, 0.3) is 0 Å². The Morgan fingerprint density at radius 3 is 3.17 bits per heavy atom. The van der Waals surface area contributed by atoms with Crippen molar-refractivity contribution in [3.8, 4) is 0 Å². The second-order valence-corrected chi connectivity index (χ2v) is 4.15. The number of halogens is 1. The lowest BCUT2D eigenvalue weighted by Crippen LogP contribution is -1.98. The van der Waals surface area contributed by atoms with E-state index in [0.29, 0.717) is 12.3 Å². The van der Waals surface area contributed by atoms with E-state index >= 15 is 0 Å². The number of aldehydes is 1. The van der Waals surface area contributed by atoms with Crippen molar-refractivity contribution in [2.45, 2.75) is 4.83 Å². The summed E-state index contributed by atoms with van der Waals surface area (Å²) in [7, 11) is 1.63. The predicted octanol–water partition coefficient (Wildman–Crippen LogP) is 2.04. The van der Waals surface area contributed by atoms with Crippen LogP contribution in [0.15, 0.2) is 5.38 Å². The van der Waals surface area contributed by atoms with Crippen LogP contribution in [-0.2, 0) is 4.74 Å². The van der Waals surface area contributed by atoms with Gasteiger partial charge in [-0.1, -0.05) is 15.9 Å². The van der Waals surface area contributed by atoms with Crippen molar-refractivity contribution in [2.75, 3.05) is 13.7 Å². The maximum absolute atomic E-state index is 10.3. The van der Waals surface area contributed by atoms with E-state index in [2.05, 4.69) is 20.9 Å². The van der Waals surface area contributed by atoms with Gasteiger partial charge in [0.15, 0.2) is 6.29 Å². The quantitative estimate of drug-likeness (QED) is 0.606. The molecular formula is C7H8BrNO2S. The fourth-order valence-corrected chi connectivity index (χ4v) is 2.13. The Bertz CT molecular complexity index is 264. The fourth-order valence-electron chi connectivity index (χ4n) is 0.716. The molecule has 1 rings (SSSR count). The zero-order chi connectivity index (χ0) is 8.97. The third-order valence-corrected chi connectivity index (χ3v) is 3.22. The fraction of sp³-hybridized carbons (Fsp3) is 0.429. The molecule has 0 aliphatic heterocycles. The van der Waals surface area contributed by atoms with Crippen LogP contribution in [0.1, 0.15) is 20.3 Å². The third-order valence-electron chi connectivity index (χ3n) is 1.24. The van der Waals surface area contributed by atoms with Gasteiger partial charge in [-0.25, -0.2) is 4.98 Å². The van der Waals surface area contributed by atoms with Gasteiger partial charge in [-0.3, -0.25) is 4.79 Å². The summed E-state index contributed by atoms with van der Waals surface area (Å²) in [6.07, 6.45) is 0.743. The van der Waals surface area contributed by atoms with Crippen molar-refractivity contribution >= 4 is 33.6 Å². The molecule has 1 aromatic rings. The first-order chi connectivity index (χ1) is 5.77. The van der Waals surface area contributed by atoms with Crippen LogP contribution in [0.5, 0.6) is 0 Å². The monoisotopic (exact) mass is 249 g/mol. The Morgan fingerprint density at radius 2 is 2.67 bits per heavy atom. The molecule has 1 aromatic heterocycles. The van der Waals surface area contributed by atoms with Gasteiger partial charge in [-0.05, 0) is 0 Å². The number of thiazole rings is 1. The summed E-state index contributed by atoms with van der Waals surface area (Å²) in [4.78, 5) is 14.5. The third kappa shape index (κ3) is 2.36. The van der Waals surface area contributed by atoms with Crippen LogP contribution in [-0.4, -0.2) is 25.0 Å². The summed E-state index contributed by atoms with van der Waals surface area (Å²) < 4.78 is 4.93. The number of rotatable bonds is 4. The Hall–Kier alpha value is -0.260. The number of carbonyl (C=O) groups excluding carboxylic acids is 1. The average Bonchev–Trinajstić information content (AvgIpc) is 2.52. The van der Waals surface area contributed by atoms with Crippen LogP contribution >= 0.6 is 27.3 Å². The van der Waals surface area contributed by atoms with Crippen molar-refractivity contribution in [1.82, 2.24) is 4.98 Å². The van der Waals surface area contributed by atoms with Crippen molar-refractivity contribution in [2.24, 2.45) is 0 Å². The Balaban J connectivity index is 2.67. The first kappa shape index (κ1) is 9.83. The molecule has 0 aliphatic rings. The van der Waals surface area contributed by atoms with Gasteiger partial charge in [0, 0.05) is 12.5 Å². The van der Waals surface area contributed by atoms with Gasteiger partial charge >= 0.3 is 0 Å². The van der Waals surface area contributed by atoms with Crippen LogP contribution in [0.2, 0.25) is 0 Å². The molecule has 0 saturated heterocycles. The average molecular weight is 250 g/mol. The number of hydrogen-bond acceptors (Lipinski definition) is 4. The zero-order valence-corrected chi connectivity index (χ0v) is 8.89. The second-order valence-electron chi connectivity index (χ2n) is 2.15. The molecular weight excluding hydrogens is 242 g/mol. The molecule has 1 heterocycles. The number of methoxy groups -OCH3 is 1. The summed E-state index contributed by atoms with van der Waals surface area (Å²) in [5.74, 6) is 0. The molecule has 0 aromatic carbocycles. The zero-order valence-electron chi connectivity index (χ0n) is 6.49. The minimum absolute atomic E-state index is 0.0844. The molecule has 0 radical (unpaired) electrons. The molecule has 0 saturated carbocycles. The predicted molar refractivity (Wildman–Crippen MR) is 51.0 cm³/mol. The first-order valence-electron chi connectivity index (χ1n) is 3.31. The van der Waals surface area contributed by atoms with Crippen LogP contribution < -0.4 is 0 Å². The molecule has 0 N–H and O–H groups in total. The maximum atomic E-state index is 10.3. The number of alkyl halides is 1. The second kappa shape index (κ2) is 4.69. The van der Waals surface area contributed by atoms with Crippen LogP contribution in [0.3, 0.4) is 0 Å². The minimum Gasteiger partial charge on any atom is -0.383 e. The molecule has 0 aliphatic carbocycles. The van der Waals surface area contributed by atoms with E-state index in [1.165, 1.54) is 11.3 Å². The van der Waals surface area contributed by atoms with Crippen LogP contribution in [0.4, 0.5) is 0 Å². The van der Waals surface area contributed by atoms with E-state index in [1.807, 2.05) is 0 Å². The van der Waals surface area contributed by atoms with Crippen LogP contribution in [0, 0.1) is 0 Å². The molecule has 3 nitrogen and oxygen atoms in total. The normalized spacial score (nSPS) is 12.8. The van der Waals surface area contributed by atoms with E-state index in [-0.39, 0.29) is 4.83 Å². The van der Waals surface area contributed by atoms with Gasteiger partial charge in [0.05, 0.1) is 11.4 Å². The topological polar surface area (TPSA) is 39.2 Å². The standard InChI is InChI=1S/C7H8BrNO2S/c1-11-3-6(8)7-9-5(2-10)4-12-7/h2,4,6H,3H2,1H3. The molecule has 1 unspecified atom stereocenters. The number of carbonyl (C=O) groups is 1. The molecule has 0 bridgehead atoms. The summed E-state index contributed by atoms with van der Waals surface area (Å²) in [5, 5.41) is 2.60. The Kier molecular flexibility index (Phi) is 3.84. The lowest BCUT2D eigenvalue weighted by Gasteiger charge is -2.02. The summed E-state index contributed by atoms with van der Waals surface area (Å²) in [6.45, 7) is 0.561.